The molecule has 3 heterocycles. The van der Waals surface area contributed by atoms with Gasteiger partial charge in [-0.15, -0.1) is 0 Å². The van der Waals surface area contributed by atoms with Gasteiger partial charge in [0, 0.05) is 25.8 Å². The smallest absolute Gasteiger partial charge is 0.416 e. The van der Waals surface area contributed by atoms with E-state index in [0.29, 0.717) is 44.6 Å². The Bertz CT molecular complexity index is 896. The number of halogens is 3. The number of hydrogen-bond acceptors (Lipinski definition) is 6. The number of methoxy groups -OCH3 is 1. The van der Waals surface area contributed by atoms with E-state index in [2.05, 4.69) is 14.9 Å². The van der Waals surface area contributed by atoms with Crippen LogP contribution in [0.2, 0.25) is 0 Å². The lowest BCUT2D eigenvalue weighted by molar-refractivity contribution is -0.137. The Morgan fingerprint density at radius 1 is 1.24 bits per heavy atom. The molecule has 0 bridgehead atoms. The maximum absolute atomic E-state index is 13.2. The summed E-state index contributed by atoms with van der Waals surface area (Å²) < 4.78 is 50.7. The van der Waals surface area contributed by atoms with E-state index in [9.17, 15) is 13.2 Å². The highest BCUT2D eigenvalue weighted by molar-refractivity contribution is 5.36. The van der Waals surface area contributed by atoms with Crippen LogP contribution in [0, 0.1) is 0 Å². The molecule has 0 radical (unpaired) electrons. The molecule has 156 valence electrons. The summed E-state index contributed by atoms with van der Waals surface area (Å²) in [7, 11) is 1.37. The van der Waals surface area contributed by atoms with Gasteiger partial charge < -0.3 is 15.2 Å². The second kappa shape index (κ2) is 7.46. The highest BCUT2D eigenvalue weighted by Gasteiger charge is 2.42. The van der Waals surface area contributed by atoms with Crippen LogP contribution in [0.3, 0.4) is 0 Å². The summed E-state index contributed by atoms with van der Waals surface area (Å²) in [6.07, 6.45) is -0.484. The van der Waals surface area contributed by atoms with Crippen molar-refractivity contribution >= 4 is 5.95 Å². The molecule has 0 aliphatic carbocycles. The molecule has 1 spiro atoms. The third kappa shape index (κ3) is 4.02. The van der Waals surface area contributed by atoms with E-state index < -0.39 is 17.3 Å². The lowest BCUT2D eigenvalue weighted by atomic mass is 9.83. The van der Waals surface area contributed by atoms with Crippen molar-refractivity contribution in [3.8, 4) is 5.75 Å². The molecule has 2 aromatic rings. The number of aromatic nitrogens is 2. The molecule has 9 heteroatoms. The van der Waals surface area contributed by atoms with Gasteiger partial charge in [-0.25, -0.2) is 9.97 Å². The van der Waals surface area contributed by atoms with Crippen molar-refractivity contribution in [2.24, 2.45) is 0 Å². The standard InChI is InChI=1S/C20H23F3N4O2/c1-28-16-9-13(8-15(10-16)20(21,22)23)12-27-5-3-19(4-6-27)17-14(2-7-29-19)11-25-18(24)26-17/h8-11H,2-7,12H2,1H3,(H2,24,25,26). The number of alkyl halides is 3. The number of ether oxygens (including phenoxy) is 2. The minimum Gasteiger partial charge on any atom is -0.497 e. The fraction of sp³-hybridized carbons (Fsp3) is 0.500. The van der Waals surface area contributed by atoms with Crippen LogP contribution in [0.4, 0.5) is 19.1 Å². The third-order valence-electron chi connectivity index (χ3n) is 5.66. The van der Waals surface area contributed by atoms with Crippen molar-refractivity contribution in [2.75, 3.05) is 32.5 Å². The number of likely N-dealkylation sites (tertiary alicyclic amines) is 1. The maximum Gasteiger partial charge on any atom is 0.416 e. The first kappa shape index (κ1) is 19.9. The fourth-order valence-corrected chi connectivity index (χ4v) is 4.17. The Morgan fingerprint density at radius 3 is 2.69 bits per heavy atom. The van der Waals surface area contributed by atoms with Gasteiger partial charge in [0.05, 0.1) is 25.0 Å². The number of nitrogens with zero attached hydrogens (tertiary/aromatic N) is 3. The highest BCUT2D eigenvalue weighted by Crippen LogP contribution is 2.41. The predicted molar refractivity (Wildman–Crippen MR) is 100 cm³/mol. The number of rotatable bonds is 3. The van der Waals surface area contributed by atoms with Crippen molar-refractivity contribution < 1.29 is 22.6 Å². The number of piperidine rings is 1. The minimum absolute atomic E-state index is 0.208. The molecule has 2 aliphatic rings. The topological polar surface area (TPSA) is 73.5 Å². The van der Waals surface area contributed by atoms with Crippen LogP contribution >= 0.6 is 0 Å². The van der Waals surface area contributed by atoms with Gasteiger partial charge in [-0.2, -0.15) is 13.2 Å². The van der Waals surface area contributed by atoms with E-state index in [-0.39, 0.29) is 11.7 Å². The summed E-state index contributed by atoms with van der Waals surface area (Å²) in [5.74, 6) is 0.437. The third-order valence-corrected chi connectivity index (χ3v) is 5.66. The molecule has 1 aromatic heterocycles. The second-order valence-electron chi connectivity index (χ2n) is 7.54. The van der Waals surface area contributed by atoms with Gasteiger partial charge >= 0.3 is 6.18 Å². The van der Waals surface area contributed by atoms with Crippen LogP contribution in [0.25, 0.3) is 0 Å². The molecule has 2 aliphatic heterocycles. The molecule has 2 N–H and O–H groups in total. The molecule has 0 saturated carbocycles. The average molecular weight is 408 g/mol. The molecular formula is C20H23F3N4O2. The van der Waals surface area contributed by atoms with Crippen LogP contribution in [-0.4, -0.2) is 41.7 Å². The molecule has 6 nitrogen and oxygen atoms in total. The summed E-state index contributed by atoms with van der Waals surface area (Å²) in [5, 5.41) is 0. The Morgan fingerprint density at radius 2 is 2.00 bits per heavy atom. The molecule has 0 atom stereocenters. The molecule has 1 saturated heterocycles. The molecule has 29 heavy (non-hydrogen) atoms. The maximum atomic E-state index is 13.2. The number of hydrogen-bond donors (Lipinski definition) is 1. The van der Waals surface area contributed by atoms with Crippen molar-refractivity contribution in [1.29, 1.82) is 0 Å². The predicted octanol–water partition coefficient (Wildman–Crippen LogP) is 3.15. The SMILES string of the molecule is COc1cc(CN2CCC3(CC2)OCCc2cnc(N)nc23)cc(C(F)(F)F)c1. The number of fused-ring (bicyclic) bond motifs is 2. The van der Waals surface area contributed by atoms with Gasteiger partial charge in [0.2, 0.25) is 5.95 Å². The lowest BCUT2D eigenvalue weighted by Gasteiger charge is -2.44. The van der Waals surface area contributed by atoms with Gasteiger partial charge in [-0.3, -0.25) is 4.90 Å². The summed E-state index contributed by atoms with van der Waals surface area (Å²) in [4.78, 5) is 10.7. The Labute approximate surface area is 166 Å². The van der Waals surface area contributed by atoms with Crippen LogP contribution < -0.4 is 10.5 Å². The highest BCUT2D eigenvalue weighted by atomic mass is 19.4. The molecular weight excluding hydrogens is 385 g/mol. The number of nitrogens with two attached hydrogens (primary N) is 1. The average Bonchev–Trinajstić information content (AvgIpc) is 2.69. The van der Waals surface area contributed by atoms with Gasteiger partial charge in [-0.05, 0) is 48.6 Å². The normalized spacial score (nSPS) is 19.2. The zero-order valence-electron chi connectivity index (χ0n) is 16.1. The summed E-state index contributed by atoms with van der Waals surface area (Å²) in [5.41, 5.74) is 7.08. The number of benzene rings is 1. The van der Waals surface area contributed by atoms with Crippen LogP contribution in [0.5, 0.6) is 5.75 Å². The van der Waals surface area contributed by atoms with E-state index in [0.717, 1.165) is 23.7 Å². The zero-order chi connectivity index (χ0) is 20.6. The van der Waals surface area contributed by atoms with E-state index in [1.807, 2.05) is 0 Å². The minimum atomic E-state index is -4.41. The van der Waals surface area contributed by atoms with E-state index in [4.69, 9.17) is 15.2 Å². The summed E-state index contributed by atoms with van der Waals surface area (Å²) in [6, 6.07) is 3.86. The number of nitrogen functional groups attached to an aromatic ring is 1. The monoisotopic (exact) mass is 408 g/mol. The first-order valence-electron chi connectivity index (χ1n) is 9.52. The molecule has 0 unspecified atom stereocenters. The quantitative estimate of drug-likeness (QED) is 0.841. The van der Waals surface area contributed by atoms with Crippen molar-refractivity contribution in [1.82, 2.24) is 14.9 Å². The van der Waals surface area contributed by atoms with Crippen molar-refractivity contribution in [3.63, 3.8) is 0 Å². The molecule has 1 aromatic carbocycles. The fourth-order valence-electron chi connectivity index (χ4n) is 4.17. The first-order chi connectivity index (χ1) is 13.8. The Hall–Kier alpha value is -2.39. The Balaban J connectivity index is 1.50. The van der Waals surface area contributed by atoms with Crippen LogP contribution in [-0.2, 0) is 29.5 Å². The van der Waals surface area contributed by atoms with Gasteiger partial charge in [0.1, 0.15) is 11.4 Å². The van der Waals surface area contributed by atoms with Gasteiger partial charge in [0.25, 0.3) is 0 Å². The van der Waals surface area contributed by atoms with Crippen LogP contribution in [0.1, 0.15) is 35.2 Å². The summed E-state index contributed by atoms with van der Waals surface area (Å²) >= 11 is 0. The largest absolute Gasteiger partial charge is 0.497 e. The van der Waals surface area contributed by atoms with Crippen molar-refractivity contribution in [2.45, 2.75) is 37.6 Å². The number of anilines is 1. The molecule has 0 amide bonds. The molecule has 4 rings (SSSR count). The second-order valence-corrected chi connectivity index (χ2v) is 7.54. The van der Waals surface area contributed by atoms with E-state index >= 15 is 0 Å². The Kier molecular flexibility index (Phi) is 5.12. The van der Waals surface area contributed by atoms with E-state index in [1.54, 1.807) is 12.3 Å². The first-order valence-corrected chi connectivity index (χ1v) is 9.52. The molecule has 1 fully saturated rings. The van der Waals surface area contributed by atoms with Gasteiger partial charge in [0.15, 0.2) is 0 Å². The van der Waals surface area contributed by atoms with E-state index in [1.165, 1.54) is 13.2 Å². The lowest BCUT2D eigenvalue weighted by Crippen LogP contribution is -2.47. The van der Waals surface area contributed by atoms with Crippen LogP contribution in [0.15, 0.2) is 24.4 Å². The zero-order valence-corrected chi connectivity index (χ0v) is 16.1. The van der Waals surface area contributed by atoms with Gasteiger partial charge in [-0.1, -0.05) is 0 Å². The summed E-state index contributed by atoms with van der Waals surface area (Å²) in [6.45, 7) is 2.38. The van der Waals surface area contributed by atoms with Crippen molar-refractivity contribution in [3.05, 3.63) is 46.8 Å².